The maximum Gasteiger partial charge on any atom is 0.288 e. The highest BCUT2D eigenvalue weighted by molar-refractivity contribution is 7.11. The van der Waals surface area contributed by atoms with E-state index >= 15 is 0 Å². The molecule has 7 nitrogen and oxygen atoms in total. The standard InChI is InChI=1S/C25H24ClN3O4S/c1-17-7-11-21(34-17)15-27(14-18-5-3-2-4-6-18)24(30)16-28(20-9-10-20)25(31)19-8-12-22(26)23(13-19)29(32)33/h2-8,11-13,20H,9-10,14-16H2,1H3. The van der Waals surface area contributed by atoms with Crippen molar-refractivity contribution in [1.29, 1.82) is 0 Å². The van der Waals surface area contributed by atoms with Gasteiger partial charge in [0.1, 0.15) is 11.6 Å². The fourth-order valence-electron chi connectivity index (χ4n) is 3.74. The maximum atomic E-state index is 13.5. The molecule has 0 unspecified atom stereocenters. The average Bonchev–Trinajstić information content (AvgIpc) is 3.58. The minimum absolute atomic E-state index is 0.0316. The SMILES string of the molecule is Cc1ccc(CN(Cc2ccccc2)C(=O)CN(C(=O)c2ccc(Cl)c([N+](=O)[O-])c2)C2CC2)s1. The van der Waals surface area contributed by atoms with Crippen LogP contribution in [0.15, 0.2) is 60.7 Å². The van der Waals surface area contributed by atoms with Gasteiger partial charge in [0.15, 0.2) is 0 Å². The summed E-state index contributed by atoms with van der Waals surface area (Å²) < 4.78 is 0. The van der Waals surface area contributed by atoms with Crippen LogP contribution in [0.5, 0.6) is 0 Å². The van der Waals surface area contributed by atoms with E-state index in [2.05, 4.69) is 0 Å². The summed E-state index contributed by atoms with van der Waals surface area (Å²) in [6, 6.07) is 17.7. The van der Waals surface area contributed by atoms with Gasteiger partial charge in [0, 0.05) is 34.0 Å². The topological polar surface area (TPSA) is 83.8 Å². The zero-order valence-corrected chi connectivity index (χ0v) is 20.2. The summed E-state index contributed by atoms with van der Waals surface area (Å²) in [6.07, 6.45) is 1.61. The first-order valence-corrected chi connectivity index (χ1v) is 12.1. The fourth-order valence-corrected chi connectivity index (χ4v) is 4.84. The number of rotatable bonds is 9. The van der Waals surface area contributed by atoms with Crippen LogP contribution in [0.3, 0.4) is 0 Å². The fraction of sp³-hybridized carbons (Fsp3) is 0.280. The van der Waals surface area contributed by atoms with Crippen molar-refractivity contribution in [2.45, 2.75) is 38.9 Å². The van der Waals surface area contributed by atoms with E-state index in [1.54, 1.807) is 16.2 Å². The van der Waals surface area contributed by atoms with Crippen LogP contribution in [0, 0.1) is 17.0 Å². The third-order valence-electron chi connectivity index (χ3n) is 5.66. The molecule has 2 amide bonds. The Hall–Kier alpha value is -3.23. The van der Waals surface area contributed by atoms with Crippen LogP contribution in [0.1, 0.15) is 38.5 Å². The summed E-state index contributed by atoms with van der Waals surface area (Å²) in [6.45, 7) is 2.81. The highest BCUT2D eigenvalue weighted by atomic mass is 35.5. The molecule has 0 atom stereocenters. The number of carbonyl (C=O) groups is 2. The third-order valence-corrected chi connectivity index (χ3v) is 6.96. The average molecular weight is 498 g/mol. The number of amides is 2. The van der Waals surface area contributed by atoms with Crippen LogP contribution in [0.25, 0.3) is 0 Å². The van der Waals surface area contributed by atoms with E-state index in [9.17, 15) is 19.7 Å². The summed E-state index contributed by atoms with van der Waals surface area (Å²) >= 11 is 7.55. The summed E-state index contributed by atoms with van der Waals surface area (Å²) in [5.74, 6) is -0.569. The summed E-state index contributed by atoms with van der Waals surface area (Å²) in [4.78, 5) is 42.9. The maximum absolute atomic E-state index is 13.5. The number of carbonyl (C=O) groups excluding carboxylic acids is 2. The third kappa shape index (κ3) is 5.81. The molecule has 9 heteroatoms. The highest BCUT2D eigenvalue weighted by Gasteiger charge is 2.36. The van der Waals surface area contributed by atoms with Crippen LogP contribution in [-0.2, 0) is 17.9 Å². The van der Waals surface area contributed by atoms with E-state index in [-0.39, 0.29) is 34.8 Å². The van der Waals surface area contributed by atoms with Gasteiger partial charge in [0.25, 0.3) is 11.6 Å². The molecule has 1 fully saturated rings. The Kier molecular flexibility index (Phi) is 7.29. The van der Waals surface area contributed by atoms with E-state index in [0.29, 0.717) is 13.1 Å². The smallest absolute Gasteiger partial charge is 0.288 e. The van der Waals surface area contributed by atoms with Crippen LogP contribution in [0.4, 0.5) is 5.69 Å². The van der Waals surface area contributed by atoms with Crippen molar-refractivity contribution in [2.24, 2.45) is 0 Å². The van der Waals surface area contributed by atoms with E-state index in [1.165, 1.54) is 28.0 Å². The molecule has 0 bridgehead atoms. The molecule has 34 heavy (non-hydrogen) atoms. The molecule has 1 saturated carbocycles. The van der Waals surface area contributed by atoms with Gasteiger partial charge in [-0.05, 0) is 49.6 Å². The van der Waals surface area contributed by atoms with Crippen molar-refractivity contribution in [1.82, 2.24) is 9.80 Å². The Morgan fingerprint density at radius 3 is 2.44 bits per heavy atom. The van der Waals surface area contributed by atoms with Crippen molar-refractivity contribution in [2.75, 3.05) is 6.54 Å². The molecular weight excluding hydrogens is 474 g/mol. The van der Waals surface area contributed by atoms with E-state index in [4.69, 9.17) is 11.6 Å². The van der Waals surface area contributed by atoms with Crippen molar-refractivity contribution >= 4 is 40.4 Å². The Bertz CT molecular complexity index is 1210. The molecule has 3 aromatic rings. The predicted molar refractivity (Wildman–Crippen MR) is 132 cm³/mol. The number of hydrogen-bond acceptors (Lipinski definition) is 5. The van der Waals surface area contributed by atoms with Gasteiger partial charge in [-0.3, -0.25) is 19.7 Å². The van der Waals surface area contributed by atoms with Gasteiger partial charge < -0.3 is 9.80 Å². The van der Waals surface area contributed by atoms with Crippen molar-refractivity contribution in [3.05, 3.63) is 96.7 Å². The summed E-state index contributed by atoms with van der Waals surface area (Å²) in [7, 11) is 0. The molecule has 1 aliphatic rings. The van der Waals surface area contributed by atoms with Crippen LogP contribution < -0.4 is 0 Å². The second-order valence-electron chi connectivity index (χ2n) is 8.34. The van der Waals surface area contributed by atoms with Gasteiger partial charge >= 0.3 is 0 Å². The van der Waals surface area contributed by atoms with Crippen molar-refractivity contribution in [3.63, 3.8) is 0 Å². The lowest BCUT2D eigenvalue weighted by atomic mass is 10.1. The summed E-state index contributed by atoms with van der Waals surface area (Å²) in [5, 5.41) is 11.2. The Morgan fingerprint density at radius 1 is 1.09 bits per heavy atom. The lowest BCUT2D eigenvalue weighted by Gasteiger charge is -2.28. The van der Waals surface area contributed by atoms with Crippen LogP contribution in [0.2, 0.25) is 5.02 Å². The molecule has 0 spiro atoms. The molecule has 1 aromatic heterocycles. The van der Waals surface area contributed by atoms with Gasteiger partial charge in [-0.2, -0.15) is 0 Å². The number of benzene rings is 2. The Morgan fingerprint density at radius 2 is 1.82 bits per heavy atom. The van der Waals surface area contributed by atoms with E-state index in [0.717, 1.165) is 23.3 Å². The largest absolute Gasteiger partial charge is 0.332 e. The Balaban J connectivity index is 1.56. The number of hydrogen-bond donors (Lipinski definition) is 0. The molecular formula is C25H24ClN3O4S. The minimum Gasteiger partial charge on any atom is -0.332 e. The lowest BCUT2D eigenvalue weighted by Crippen LogP contribution is -2.43. The summed E-state index contributed by atoms with van der Waals surface area (Å²) in [5.41, 5.74) is 0.828. The number of aryl methyl sites for hydroxylation is 1. The number of thiophene rings is 1. The molecule has 0 aliphatic heterocycles. The second-order valence-corrected chi connectivity index (χ2v) is 10.1. The van der Waals surface area contributed by atoms with Gasteiger partial charge in [0.05, 0.1) is 11.5 Å². The molecule has 176 valence electrons. The van der Waals surface area contributed by atoms with E-state index in [1.807, 2.05) is 49.4 Å². The normalized spacial score (nSPS) is 12.9. The first kappa shape index (κ1) is 23.9. The number of nitrogens with zero attached hydrogens (tertiary/aromatic N) is 3. The minimum atomic E-state index is -0.615. The van der Waals surface area contributed by atoms with Gasteiger partial charge in [0.2, 0.25) is 5.91 Å². The number of nitro groups is 1. The zero-order valence-electron chi connectivity index (χ0n) is 18.6. The number of halogens is 1. The van der Waals surface area contributed by atoms with Gasteiger partial charge in [-0.1, -0.05) is 41.9 Å². The zero-order chi connectivity index (χ0) is 24.2. The second kappa shape index (κ2) is 10.4. The molecule has 4 rings (SSSR count). The molecule has 1 heterocycles. The highest BCUT2D eigenvalue weighted by Crippen LogP contribution is 2.31. The lowest BCUT2D eigenvalue weighted by molar-refractivity contribution is -0.384. The first-order valence-electron chi connectivity index (χ1n) is 10.9. The molecule has 0 N–H and O–H groups in total. The predicted octanol–water partition coefficient (Wildman–Crippen LogP) is 5.45. The van der Waals surface area contributed by atoms with Gasteiger partial charge in [-0.15, -0.1) is 11.3 Å². The van der Waals surface area contributed by atoms with Crippen molar-refractivity contribution in [3.8, 4) is 0 Å². The van der Waals surface area contributed by atoms with Crippen molar-refractivity contribution < 1.29 is 14.5 Å². The Labute approximate surface area is 206 Å². The molecule has 2 aromatic carbocycles. The molecule has 0 saturated heterocycles. The number of nitro benzene ring substituents is 1. The van der Waals surface area contributed by atoms with Gasteiger partial charge in [-0.25, -0.2) is 0 Å². The molecule has 0 radical (unpaired) electrons. The van der Waals surface area contributed by atoms with Crippen LogP contribution >= 0.6 is 22.9 Å². The van der Waals surface area contributed by atoms with E-state index < -0.39 is 10.8 Å². The quantitative estimate of drug-likeness (QED) is 0.290. The van der Waals surface area contributed by atoms with Crippen LogP contribution in [-0.4, -0.2) is 39.1 Å². The monoisotopic (exact) mass is 497 g/mol. The first-order chi connectivity index (χ1) is 16.3. The molecule has 1 aliphatic carbocycles.